The van der Waals surface area contributed by atoms with Crippen molar-refractivity contribution in [2.75, 3.05) is 46.5 Å². The van der Waals surface area contributed by atoms with E-state index in [1.165, 1.54) is 27.6 Å². The number of rotatable bonds is 10. The molecule has 2 aromatic carbocycles. The fourth-order valence-electron chi connectivity index (χ4n) is 3.10. The summed E-state index contributed by atoms with van der Waals surface area (Å²) >= 11 is 0. The number of carbonyl (C=O) groups is 1. The summed E-state index contributed by atoms with van der Waals surface area (Å²) in [6.07, 6.45) is 1.46. The lowest BCUT2D eigenvalue weighted by atomic mass is 10.1. The van der Waals surface area contributed by atoms with Crippen molar-refractivity contribution in [3.63, 3.8) is 0 Å². The summed E-state index contributed by atoms with van der Waals surface area (Å²) in [6.45, 7) is 2.53. The number of benzene rings is 2. The van der Waals surface area contributed by atoms with E-state index in [1.807, 2.05) is 18.9 Å². The topological polar surface area (TPSA) is 94.2 Å². The van der Waals surface area contributed by atoms with E-state index < -0.39 is 9.84 Å². The summed E-state index contributed by atoms with van der Waals surface area (Å²) in [5, 5.41) is 2.85. The van der Waals surface area contributed by atoms with Crippen molar-refractivity contribution in [2.24, 2.45) is 0 Å². The zero-order chi connectivity index (χ0) is 23.2. The minimum absolute atomic E-state index is 0.0163. The van der Waals surface area contributed by atoms with Gasteiger partial charge in [0.25, 0.3) is 0 Å². The molecule has 0 saturated carbocycles. The Kier molecular flexibility index (Phi) is 8.29. The highest BCUT2D eigenvalue weighted by molar-refractivity contribution is 7.90. The molecule has 0 saturated heterocycles. The Balaban J connectivity index is 1.99. The van der Waals surface area contributed by atoms with Crippen LogP contribution >= 0.6 is 0 Å². The van der Waals surface area contributed by atoms with Crippen molar-refractivity contribution in [1.29, 1.82) is 0 Å². The van der Waals surface area contributed by atoms with Gasteiger partial charge in [-0.25, -0.2) is 8.42 Å². The Labute approximate surface area is 184 Å². The standard InChI is InChI=1S/C22H30N2O6S/c1-15(16-7-9-18(10-8-16)31(6,26)27)24(2)12-11-21(25)23-17-13-19(28-3)22(30-5)20(14-17)29-4/h7-10,13-15H,11-12H2,1-6H3,(H,23,25). The molecule has 1 unspecified atom stereocenters. The molecule has 1 N–H and O–H groups in total. The maximum absolute atomic E-state index is 12.5. The van der Waals surface area contributed by atoms with E-state index in [0.717, 1.165) is 5.56 Å². The van der Waals surface area contributed by atoms with Gasteiger partial charge in [0.15, 0.2) is 21.3 Å². The number of methoxy groups -OCH3 is 3. The van der Waals surface area contributed by atoms with E-state index in [0.29, 0.717) is 29.5 Å². The highest BCUT2D eigenvalue weighted by Gasteiger charge is 2.17. The molecule has 0 heterocycles. The molecule has 0 bridgehead atoms. The molecule has 170 valence electrons. The molecule has 2 rings (SSSR count). The molecule has 0 aliphatic rings. The van der Waals surface area contributed by atoms with Gasteiger partial charge in [-0.2, -0.15) is 0 Å². The molecular weight excluding hydrogens is 420 g/mol. The number of hydrogen-bond acceptors (Lipinski definition) is 7. The monoisotopic (exact) mass is 450 g/mol. The number of amides is 1. The van der Waals surface area contributed by atoms with Crippen LogP contribution in [0.4, 0.5) is 5.69 Å². The molecule has 0 aliphatic carbocycles. The number of nitrogens with zero attached hydrogens (tertiary/aromatic N) is 1. The van der Waals surface area contributed by atoms with E-state index >= 15 is 0 Å². The van der Waals surface area contributed by atoms with Crippen molar-refractivity contribution in [3.05, 3.63) is 42.0 Å². The van der Waals surface area contributed by atoms with Crippen molar-refractivity contribution >= 4 is 21.4 Å². The second-order valence-corrected chi connectivity index (χ2v) is 9.23. The van der Waals surface area contributed by atoms with Crippen LogP contribution in [0.2, 0.25) is 0 Å². The average Bonchev–Trinajstić information content (AvgIpc) is 2.75. The van der Waals surface area contributed by atoms with Crippen molar-refractivity contribution < 1.29 is 27.4 Å². The Morgan fingerprint density at radius 2 is 1.58 bits per heavy atom. The summed E-state index contributed by atoms with van der Waals surface area (Å²) in [7, 11) is 3.24. The predicted molar refractivity (Wildman–Crippen MR) is 120 cm³/mol. The van der Waals surface area contributed by atoms with Gasteiger partial charge < -0.3 is 19.5 Å². The number of sulfone groups is 1. The summed E-state index contributed by atoms with van der Waals surface area (Å²) in [4.78, 5) is 14.8. The lowest BCUT2D eigenvalue weighted by Gasteiger charge is -2.25. The van der Waals surface area contributed by atoms with Crippen LogP contribution in [0.1, 0.15) is 24.9 Å². The highest BCUT2D eigenvalue weighted by Crippen LogP contribution is 2.39. The molecule has 0 aromatic heterocycles. The van der Waals surface area contributed by atoms with Crippen LogP contribution in [0.5, 0.6) is 17.2 Å². The maximum atomic E-state index is 12.5. The van der Waals surface area contributed by atoms with Crippen LogP contribution in [0.3, 0.4) is 0 Å². The first-order chi connectivity index (χ1) is 14.6. The van der Waals surface area contributed by atoms with Gasteiger partial charge in [-0.05, 0) is 31.7 Å². The normalized spacial score (nSPS) is 12.4. The predicted octanol–water partition coefficient (Wildman–Crippen LogP) is 3.14. The molecule has 0 radical (unpaired) electrons. The van der Waals surface area contributed by atoms with Crippen molar-refractivity contribution in [3.8, 4) is 17.2 Å². The maximum Gasteiger partial charge on any atom is 0.225 e. The molecule has 8 nitrogen and oxygen atoms in total. The molecule has 0 spiro atoms. The summed E-state index contributed by atoms with van der Waals surface area (Å²) in [6, 6.07) is 10.2. The zero-order valence-corrected chi connectivity index (χ0v) is 19.6. The number of anilines is 1. The van der Waals surface area contributed by atoms with Crippen LogP contribution in [0.15, 0.2) is 41.3 Å². The Morgan fingerprint density at radius 1 is 1.03 bits per heavy atom. The van der Waals surface area contributed by atoms with Gasteiger partial charge >= 0.3 is 0 Å². The van der Waals surface area contributed by atoms with Crippen LogP contribution in [0, 0.1) is 0 Å². The molecule has 9 heteroatoms. The first kappa shape index (κ1) is 24.5. The van der Waals surface area contributed by atoms with Gasteiger partial charge in [0.2, 0.25) is 11.7 Å². The van der Waals surface area contributed by atoms with E-state index in [2.05, 4.69) is 5.32 Å². The molecular formula is C22H30N2O6S. The first-order valence-electron chi connectivity index (χ1n) is 9.70. The van der Waals surface area contributed by atoms with Crippen molar-refractivity contribution in [1.82, 2.24) is 4.90 Å². The number of hydrogen-bond donors (Lipinski definition) is 1. The van der Waals surface area contributed by atoms with Crippen LogP contribution in [0.25, 0.3) is 0 Å². The second-order valence-electron chi connectivity index (χ2n) is 7.21. The molecule has 0 aliphatic heterocycles. The van der Waals surface area contributed by atoms with Gasteiger partial charge in [0, 0.05) is 43.1 Å². The lowest BCUT2D eigenvalue weighted by Crippen LogP contribution is -2.27. The zero-order valence-electron chi connectivity index (χ0n) is 18.8. The third-order valence-electron chi connectivity index (χ3n) is 5.09. The Hall–Kier alpha value is -2.78. The SMILES string of the molecule is COc1cc(NC(=O)CCN(C)C(C)c2ccc(S(C)(=O)=O)cc2)cc(OC)c1OC. The minimum Gasteiger partial charge on any atom is -0.493 e. The number of ether oxygens (including phenoxy) is 3. The van der Waals surface area contributed by atoms with E-state index in [4.69, 9.17) is 14.2 Å². The van der Waals surface area contributed by atoms with Gasteiger partial charge in [-0.15, -0.1) is 0 Å². The highest BCUT2D eigenvalue weighted by atomic mass is 32.2. The Morgan fingerprint density at radius 3 is 2.03 bits per heavy atom. The van der Waals surface area contributed by atoms with E-state index in [9.17, 15) is 13.2 Å². The molecule has 1 amide bonds. The second kappa shape index (κ2) is 10.5. The van der Waals surface area contributed by atoms with Gasteiger partial charge in [-0.3, -0.25) is 9.69 Å². The molecule has 1 atom stereocenters. The van der Waals surface area contributed by atoms with Crippen LogP contribution in [-0.4, -0.2) is 60.4 Å². The molecule has 0 fully saturated rings. The first-order valence-corrected chi connectivity index (χ1v) is 11.6. The Bertz CT molecular complexity index is 980. The van der Waals surface area contributed by atoms with Crippen LogP contribution < -0.4 is 19.5 Å². The smallest absolute Gasteiger partial charge is 0.225 e. The largest absolute Gasteiger partial charge is 0.493 e. The molecule has 2 aromatic rings. The van der Waals surface area contributed by atoms with Crippen LogP contribution in [-0.2, 0) is 14.6 Å². The minimum atomic E-state index is -3.22. The van der Waals surface area contributed by atoms with E-state index in [-0.39, 0.29) is 23.3 Å². The fourth-order valence-corrected chi connectivity index (χ4v) is 3.73. The van der Waals surface area contributed by atoms with Crippen molar-refractivity contribution in [2.45, 2.75) is 24.3 Å². The third kappa shape index (κ3) is 6.35. The average molecular weight is 451 g/mol. The lowest BCUT2D eigenvalue weighted by molar-refractivity contribution is -0.116. The van der Waals surface area contributed by atoms with E-state index in [1.54, 1.807) is 36.4 Å². The summed E-state index contributed by atoms with van der Waals surface area (Å²) in [5.74, 6) is 1.22. The molecule has 31 heavy (non-hydrogen) atoms. The van der Waals surface area contributed by atoms with Gasteiger partial charge in [0.05, 0.1) is 26.2 Å². The number of carbonyl (C=O) groups excluding carboxylic acids is 1. The summed E-state index contributed by atoms with van der Waals surface area (Å²) in [5.41, 5.74) is 1.52. The van der Waals surface area contributed by atoms with Gasteiger partial charge in [0.1, 0.15) is 0 Å². The number of nitrogens with one attached hydrogen (secondary N) is 1. The third-order valence-corrected chi connectivity index (χ3v) is 6.22. The van der Waals surface area contributed by atoms with Gasteiger partial charge in [-0.1, -0.05) is 12.1 Å². The fraction of sp³-hybridized carbons (Fsp3) is 0.409. The quantitative estimate of drug-likeness (QED) is 0.594. The summed E-state index contributed by atoms with van der Waals surface area (Å²) < 4.78 is 39.1.